The number of thiophene rings is 1. The van der Waals surface area contributed by atoms with Crippen LogP contribution in [0.15, 0.2) is 0 Å². The number of hydrogen-bond acceptors (Lipinski definition) is 3. The number of amides is 2. The Labute approximate surface area is 123 Å². The zero-order valence-corrected chi connectivity index (χ0v) is 13.4. The standard InChI is InChI=1S/C14H22N2O3S/c1-6-7-16(8(2)3)14(19)15-12-11(13(17)18)9(4)10(5)20-12/h8H,6-7H2,1-5H3,(H,15,19)(H,17,18). The summed E-state index contributed by atoms with van der Waals surface area (Å²) in [7, 11) is 0. The van der Waals surface area contributed by atoms with E-state index in [-0.39, 0.29) is 17.6 Å². The minimum atomic E-state index is -1.01. The van der Waals surface area contributed by atoms with Gasteiger partial charge in [-0.3, -0.25) is 5.32 Å². The number of nitrogens with zero attached hydrogens (tertiary/aromatic N) is 1. The van der Waals surface area contributed by atoms with Crippen LogP contribution in [0.5, 0.6) is 0 Å². The van der Waals surface area contributed by atoms with E-state index in [2.05, 4.69) is 5.32 Å². The molecule has 0 aliphatic rings. The van der Waals surface area contributed by atoms with Crippen LogP contribution in [-0.2, 0) is 0 Å². The highest BCUT2D eigenvalue weighted by molar-refractivity contribution is 7.16. The summed E-state index contributed by atoms with van der Waals surface area (Å²) < 4.78 is 0. The molecule has 1 heterocycles. The Hall–Kier alpha value is -1.56. The van der Waals surface area contributed by atoms with E-state index in [0.717, 1.165) is 11.3 Å². The molecule has 0 aliphatic carbocycles. The van der Waals surface area contributed by atoms with Gasteiger partial charge in [0.15, 0.2) is 0 Å². The Balaban J connectivity index is 3.01. The normalized spacial score (nSPS) is 10.7. The molecular formula is C14H22N2O3S. The van der Waals surface area contributed by atoms with Crippen LogP contribution in [0.4, 0.5) is 9.80 Å². The summed E-state index contributed by atoms with van der Waals surface area (Å²) in [5.74, 6) is -1.01. The second-order valence-electron chi connectivity index (χ2n) is 5.01. The number of rotatable bonds is 5. The Morgan fingerprint density at radius 3 is 2.40 bits per heavy atom. The zero-order valence-electron chi connectivity index (χ0n) is 12.6. The van der Waals surface area contributed by atoms with E-state index in [1.54, 1.807) is 11.8 Å². The van der Waals surface area contributed by atoms with Gasteiger partial charge in [-0.15, -0.1) is 11.3 Å². The molecule has 0 unspecified atom stereocenters. The van der Waals surface area contributed by atoms with Gasteiger partial charge in [0, 0.05) is 17.5 Å². The average Bonchev–Trinajstić information content (AvgIpc) is 2.61. The van der Waals surface area contributed by atoms with Crippen molar-refractivity contribution in [1.82, 2.24) is 4.90 Å². The van der Waals surface area contributed by atoms with Crippen molar-refractivity contribution in [2.45, 2.75) is 47.1 Å². The maximum absolute atomic E-state index is 12.3. The fourth-order valence-electron chi connectivity index (χ4n) is 1.98. The minimum Gasteiger partial charge on any atom is -0.478 e. The number of anilines is 1. The van der Waals surface area contributed by atoms with Crippen LogP contribution < -0.4 is 5.32 Å². The van der Waals surface area contributed by atoms with E-state index in [9.17, 15) is 14.7 Å². The number of carbonyl (C=O) groups excluding carboxylic acids is 1. The lowest BCUT2D eigenvalue weighted by Crippen LogP contribution is -2.40. The maximum Gasteiger partial charge on any atom is 0.338 e. The molecule has 0 atom stereocenters. The van der Waals surface area contributed by atoms with Gasteiger partial charge in [0.1, 0.15) is 5.00 Å². The monoisotopic (exact) mass is 298 g/mol. The number of carboxylic acid groups (broad SMARTS) is 1. The Morgan fingerprint density at radius 1 is 1.35 bits per heavy atom. The maximum atomic E-state index is 12.3. The Kier molecular flexibility index (Phi) is 5.56. The van der Waals surface area contributed by atoms with Gasteiger partial charge in [-0.2, -0.15) is 0 Å². The number of urea groups is 1. The lowest BCUT2D eigenvalue weighted by Gasteiger charge is -2.26. The molecule has 1 aromatic rings. The topological polar surface area (TPSA) is 69.6 Å². The predicted octanol–water partition coefficient (Wildman–Crippen LogP) is 3.72. The molecular weight excluding hydrogens is 276 g/mol. The quantitative estimate of drug-likeness (QED) is 0.870. The van der Waals surface area contributed by atoms with E-state index in [1.165, 1.54) is 11.3 Å². The minimum absolute atomic E-state index is 0.0744. The highest BCUT2D eigenvalue weighted by Gasteiger charge is 2.23. The lowest BCUT2D eigenvalue weighted by molar-refractivity contribution is 0.0697. The summed E-state index contributed by atoms with van der Waals surface area (Å²) in [6.45, 7) is 10.2. The summed E-state index contributed by atoms with van der Waals surface area (Å²) in [6, 6.07) is -0.170. The van der Waals surface area contributed by atoms with Gasteiger partial charge in [0.05, 0.1) is 5.56 Å². The van der Waals surface area contributed by atoms with Gasteiger partial charge in [-0.25, -0.2) is 9.59 Å². The van der Waals surface area contributed by atoms with Crippen molar-refractivity contribution in [2.75, 3.05) is 11.9 Å². The van der Waals surface area contributed by atoms with Gasteiger partial charge in [0.2, 0.25) is 0 Å². The highest BCUT2D eigenvalue weighted by Crippen LogP contribution is 2.32. The van der Waals surface area contributed by atoms with Crippen LogP contribution in [0, 0.1) is 13.8 Å². The van der Waals surface area contributed by atoms with E-state index >= 15 is 0 Å². The summed E-state index contributed by atoms with van der Waals surface area (Å²) in [4.78, 5) is 26.2. The van der Waals surface area contributed by atoms with Gasteiger partial charge in [-0.1, -0.05) is 6.92 Å². The molecule has 0 bridgehead atoms. The van der Waals surface area contributed by atoms with Gasteiger partial charge < -0.3 is 10.0 Å². The van der Waals surface area contributed by atoms with Crippen molar-refractivity contribution < 1.29 is 14.7 Å². The molecule has 0 radical (unpaired) electrons. The molecule has 1 aromatic heterocycles. The SMILES string of the molecule is CCCN(C(=O)Nc1sc(C)c(C)c1C(=O)O)C(C)C. The number of aryl methyl sites for hydroxylation is 1. The van der Waals surface area contributed by atoms with Crippen molar-refractivity contribution in [3.63, 3.8) is 0 Å². The van der Waals surface area contributed by atoms with E-state index in [1.807, 2.05) is 27.7 Å². The van der Waals surface area contributed by atoms with E-state index < -0.39 is 5.97 Å². The molecule has 1 rings (SSSR count). The van der Waals surface area contributed by atoms with Crippen molar-refractivity contribution in [2.24, 2.45) is 0 Å². The first-order valence-corrected chi connectivity index (χ1v) is 7.52. The van der Waals surface area contributed by atoms with Gasteiger partial charge in [0.25, 0.3) is 0 Å². The molecule has 112 valence electrons. The second kappa shape index (κ2) is 6.74. The van der Waals surface area contributed by atoms with E-state index in [4.69, 9.17) is 0 Å². The zero-order chi connectivity index (χ0) is 15.4. The number of carboxylic acids is 1. The molecule has 0 aliphatic heterocycles. The molecule has 0 fully saturated rings. The van der Waals surface area contributed by atoms with Crippen LogP contribution in [0.25, 0.3) is 0 Å². The number of aromatic carboxylic acids is 1. The summed E-state index contributed by atoms with van der Waals surface area (Å²) in [5.41, 5.74) is 0.908. The van der Waals surface area contributed by atoms with Crippen LogP contribution in [0.3, 0.4) is 0 Å². The first kappa shape index (κ1) is 16.5. The molecule has 20 heavy (non-hydrogen) atoms. The van der Waals surface area contributed by atoms with Crippen molar-refractivity contribution in [3.05, 3.63) is 16.0 Å². The fraction of sp³-hybridized carbons (Fsp3) is 0.571. The first-order valence-electron chi connectivity index (χ1n) is 6.70. The predicted molar refractivity (Wildman–Crippen MR) is 81.9 cm³/mol. The summed E-state index contributed by atoms with van der Waals surface area (Å²) in [6.07, 6.45) is 0.861. The Morgan fingerprint density at radius 2 is 1.95 bits per heavy atom. The molecule has 0 aromatic carbocycles. The summed E-state index contributed by atoms with van der Waals surface area (Å²) in [5, 5.41) is 12.4. The molecule has 0 saturated heterocycles. The fourth-order valence-corrected chi connectivity index (χ4v) is 3.02. The average molecular weight is 298 g/mol. The number of nitrogens with one attached hydrogen (secondary N) is 1. The van der Waals surface area contributed by atoms with Gasteiger partial charge >= 0.3 is 12.0 Å². The molecule has 6 heteroatoms. The number of hydrogen-bond donors (Lipinski definition) is 2. The molecule has 2 amide bonds. The van der Waals surface area contributed by atoms with Crippen molar-refractivity contribution in [1.29, 1.82) is 0 Å². The van der Waals surface area contributed by atoms with Gasteiger partial charge in [-0.05, 0) is 39.7 Å². The smallest absolute Gasteiger partial charge is 0.338 e. The first-order chi connectivity index (χ1) is 9.29. The largest absolute Gasteiger partial charge is 0.478 e. The highest BCUT2D eigenvalue weighted by atomic mass is 32.1. The molecule has 2 N–H and O–H groups in total. The van der Waals surface area contributed by atoms with Crippen LogP contribution >= 0.6 is 11.3 Å². The Bertz CT molecular complexity index is 509. The molecule has 0 spiro atoms. The van der Waals surface area contributed by atoms with Crippen LogP contribution in [0.1, 0.15) is 48.0 Å². The molecule has 0 saturated carbocycles. The number of carbonyl (C=O) groups is 2. The van der Waals surface area contributed by atoms with E-state index in [0.29, 0.717) is 17.1 Å². The third-order valence-corrected chi connectivity index (χ3v) is 4.29. The lowest BCUT2D eigenvalue weighted by atomic mass is 10.1. The third-order valence-electron chi connectivity index (χ3n) is 3.17. The van der Waals surface area contributed by atoms with Crippen molar-refractivity contribution in [3.8, 4) is 0 Å². The van der Waals surface area contributed by atoms with Crippen LogP contribution in [-0.4, -0.2) is 34.6 Å². The van der Waals surface area contributed by atoms with Crippen LogP contribution in [0.2, 0.25) is 0 Å². The second-order valence-corrected chi connectivity index (χ2v) is 6.23. The van der Waals surface area contributed by atoms with Crippen molar-refractivity contribution >= 4 is 28.3 Å². The third kappa shape index (κ3) is 3.50. The summed E-state index contributed by atoms with van der Waals surface area (Å²) >= 11 is 1.31. The molecule has 5 nitrogen and oxygen atoms in total.